The third-order valence-electron chi connectivity index (χ3n) is 5.56. The number of terminal acetylenes is 1. The van der Waals surface area contributed by atoms with Crippen molar-refractivity contribution in [2.45, 2.75) is 20.5 Å². The van der Waals surface area contributed by atoms with E-state index < -0.39 is 10.8 Å². The van der Waals surface area contributed by atoms with Crippen LogP contribution < -0.4 is 14.9 Å². The predicted octanol–water partition coefficient (Wildman–Crippen LogP) is 5.60. The van der Waals surface area contributed by atoms with Crippen LogP contribution in [0.25, 0.3) is 5.69 Å². The first-order valence-electron chi connectivity index (χ1n) is 11.6. The highest BCUT2D eigenvalue weighted by Crippen LogP contribution is 2.35. The van der Waals surface area contributed by atoms with Gasteiger partial charge in [-0.2, -0.15) is 5.10 Å². The van der Waals surface area contributed by atoms with Crippen LogP contribution in [-0.2, 0) is 6.61 Å². The van der Waals surface area contributed by atoms with E-state index in [1.165, 1.54) is 24.4 Å². The fourth-order valence-corrected chi connectivity index (χ4v) is 4.06. The van der Waals surface area contributed by atoms with Crippen LogP contribution in [0.1, 0.15) is 33.3 Å². The third-order valence-corrected chi connectivity index (χ3v) is 5.84. The normalized spacial score (nSPS) is 10.8. The summed E-state index contributed by atoms with van der Waals surface area (Å²) < 4.78 is 18.6. The Morgan fingerprint density at radius 1 is 1.15 bits per heavy atom. The molecule has 2 aromatic heterocycles. The molecule has 1 N–H and O–H groups in total. The molecule has 0 saturated heterocycles. The van der Waals surface area contributed by atoms with Gasteiger partial charge in [0.2, 0.25) is 5.75 Å². The second kappa shape index (κ2) is 12.0. The second-order valence-electron chi connectivity index (χ2n) is 8.30. The Bertz CT molecular complexity index is 1560. The van der Waals surface area contributed by atoms with Crippen LogP contribution in [0.15, 0.2) is 70.2 Å². The summed E-state index contributed by atoms with van der Waals surface area (Å²) in [5.74, 6) is 2.56. The zero-order valence-electron chi connectivity index (χ0n) is 21.0. The Balaban J connectivity index is 1.34. The van der Waals surface area contributed by atoms with E-state index in [1.54, 1.807) is 6.07 Å². The third kappa shape index (κ3) is 6.47. The lowest BCUT2D eigenvalue weighted by Crippen LogP contribution is -2.16. The Morgan fingerprint density at radius 2 is 1.87 bits per heavy atom. The van der Waals surface area contributed by atoms with Crippen molar-refractivity contribution in [3.05, 3.63) is 104 Å². The number of rotatable bonds is 10. The molecule has 10 nitrogen and oxygen atoms in total. The van der Waals surface area contributed by atoms with Crippen LogP contribution in [0.2, 0.25) is 5.02 Å². The Morgan fingerprint density at radius 3 is 2.54 bits per heavy atom. The Labute approximate surface area is 228 Å². The number of carbonyl (C=O) groups is 1. The molecule has 0 aliphatic heterocycles. The summed E-state index contributed by atoms with van der Waals surface area (Å²) in [5.41, 5.74) is 5.50. The summed E-state index contributed by atoms with van der Waals surface area (Å²) in [6.45, 7) is 4.03. The van der Waals surface area contributed by atoms with Gasteiger partial charge in [-0.05, 0) is 68.4 Å². The molecular formula is C28H23ClN4O6. The molecule has 0 radical (unpaired) electrons. The number of aromatic nitrogens is 1. The second-order valence-corrected chi connectivity index (χ2v) is 8.71. The van der Waals surface area contributed by atoms with Crippen molar-refractivity contribution in [2.75, 3.05) is 6.61 Å². The molecule has 0 fully saturated rings. The summed E-state index contributed by atoms with van der Waals surface area (Å²) in [6, 6.07) is 17.5. The highest BCUT2D eigenvalue weighted by molar-refractivity contribution is 6.32. The average molecular weight is 547 g/mol. The van der Waals surface area contributed by atoms with Crippen molar-refractivity contribution in [1.82, 2.24) is 9.99 Å². The van der Waals surface area contributed by atoms with Crippen LogP contribution in [0.5, 0.6) is 11.5 Å². The maximum Gasteiger partial charge on any atom is 0.313 e. The molecule has 0 aliphatic carbocycles. The zero-order chi connectivity index (χ0) is 27.9. The summed E-state index contributed by atoms with van der Waals surface area (Å²) in [5, 5.41) is 15.2. The van der Waals surface area contributed by atoms with Gasteiger partial charge in [0.05, 0.1) is 16.2 Å². The van der Waals surface area contributed by atoms with Gasteiger partial charge in [-0.25, -0.2) is 5.43 Å². The molecule has 4 aromatic rings. The van der Waals surface area contributed by atoms with Gasteiger partial charge in [-0.1, -0.05) is 17.5 Å². The number of nitro benzene ring substituents is 1. The largest absolute Gasteiger partial charge is 0.486 e. The zero-order valence-corrected chi connectivity index (χ0v) is 21.8. The quantitative estimate of drug-likeness (QED) is 0.119. The van der Waals surface area contributed by atoms with Crippen LogP contribution in [-0.4, -0.2) is 28.2 Å². The van der Waals surface area contributed by atoms with Crippen LogP contribution in [0.3, 0.4) is 0 Å². The van der Waals surface area contributed by atoms with Crippen LogP contribution in [0.4, 0.5) is 5.69 Å². The SMILES string of the molecule is C#CCOc1c(Cl)cc(/C=N/NC(=O)c2ccc(COc3ccc(-n4c(C)ccc4C)cc3)o2)cc1[N+](=O)[O-]. The maximum absolute atomic E-state index is 12.4. The van der Waals surface area contributed by atoms with E-state index in [0.717, 1.165) is 17.1 Å². The van der Waals surface area contributed by atoms with Crippen molar-refractivity contribution >= 4 is 29.4 Å². The molecule has 39 heavy (non-hydrogen) atoms. The number of nitrogens with one attached hydrogen (secondary N) is 1. The number of aryl methyl sites for hydroxylation is 2. The van der Waals surface area contributed by atoms with Gasteiger partial charge in [0.1, 0.15) is 24.7 Å². The lowest BCUT2D eigenvalue weighted by molar-refractivity contribution is -0.385. The molecule has 1 amide bonds. The van der Waals surface area contributed by atoms with Gasteiger partial charge in [0.25, 0.3) is 0 Å². The number of furan rings is 1. The number of hydrazone groups is 1. The highest BCUT2D eigenvalue weighted by Gasteiger charge is 2.20. The molecule has 0 aliphatic rings. The number of amides is 1. The fourth-order valence-electron chi connectivity index (χ4n) is 3.79. The summed E-state index contributed by atoms with van der Waals surface area (Å²) in [6.07, 6.45) is 6.34. The Hall–Kier alpha value is -5.01. The number of nitro groups is 1. The summed E-state index contributed by atoms with van der Waals surface area (Å²) >= 11 is 6.10. The average Bonchev–Trinajstić information content (AvgIpc) is 3.53. The van der Waals surface area contributed by atoms with Crippen molar-refractivity contribution in [3.63, 3.8) is 0 Å². The first kappa shape index (κ1) is 27.0. The lowest BCUT2D eigenvalue weighted by Gasteiger charge is -2.10. The van der Waals surface area contributed by atoms with E-state index in [0.29, 0.717) is 11.5 Å². The van der Waals surface area contributed by atoms with E-state index in [1.807, 2.05) is 38.1 Å². The number of ether oxygens (including phenoxy) is 2. The van der Waals surface area contributed by atoms with Gasteiger partial charge in [0.15, 0.2) is 5.76 Å². The van der Waals surface area contributed by atoms with Gasteiger partial charge < -0.3 is 18.5 Å². The number of hydrogen-bond donors (Lipinski definition) is 1. The molecule has 198 valence electrons. The van der Waals surface area contributed by atoms with E-state index >= 15 is 0 Å². The topological polar surface area (TPSA) is 121 Å². The van der Waals surface area contributed by atoms with Crippen LogP contribution in [0, 0.1) is 36.3 Å². The maximum atomic E-state index is 12.4. The van der Waals surface area contributed by atoms with Crippen molar-refractivity contribution < 1.29 is 23.6 Å². The monoisotopic (exact) mass is 546 g/mol. The minimum atomic E-state index is -0.654. The Kier molecular flexibility index (Phi) is 8.33. The minimum Gasteiger partial charge on any atom is -0.486 e. The van der Waals surface area contributed by atoms with E-state index in [4.69, 9.17) is 31.9 Å². The number of halogens is 1. The number of hydrogen-bond acceptors (Lipinski definition) is 7. The smallest absolute Gasteiger partial charge is 0.313 e. The van der Waals surface area contributed by atoms with Gasteiger partial charge >= 0.3 is 11.6 Å². The first-order valence-corrected chi connectivity index (χ1v) is 12.0. The standard InChI is InChI=1S/C28H23ClN4O6/c1-4-13-37-27-24(29)14-20(15-25(27)33(35)36)16-30-31-28(34)26-12-11-23(39-26)17-38-22-9-7-21(8-10-22)32-18(2)5-6-19(32)3/h1,5-12,14-16H,13,17H2,2-3H3,(H,31,34)/b30-16+. The molecular weight excluding hydrogens is 524 g/mol. The van der Waals surface area contributed by atoms with Crippen LogP contribution >= 0.6 is 11.6 Å². The first-order chi connectivity index (χ1) is 18.8. The molecule has 0 unspecified atom stereocenters. The lowest BCUT2D eigenvalue weighted by atomic mass is 10.2. The minimum absolute atomic E-state index is 0.0155. The van der Waals surface area contributed by atoms with Gasteiger partial charge in [-0.3, -0.25) is 14.9 Å². The molecule has 0 spiro atoms. The van der Waals surface area contributed by atoms with Crippen molar-refractivity contribution in [1.29, 1.82) is 0 Å². The predicted molar refractivity (Wildman–Crippen MR) is 146 cm³/mol. The van der Waals surface area contributed by atoms with E-state index in [9.17, 15) is 14.9 Å². The van der Waals surface area contributed by atoms with E-state index in [2.05, 4.69) is 33.1 Å². The van der Waals surface area contributed by atoms with E-state index in [-0.39, 0.29) is 41.0 Å². The summed E-state index contributed by atoms with van der Waals surface area (Å²) in [4.78, 5) is 23.1. The van der Waals surface area contributed by atoms with Crippen molar-refractivity contribution in [3.8, 4) is 29.5 Å². The number of nitrogens with zero attached hydrogens (tertiary/aromatic N) is 3. The molecule has 0 bridgehead atoms. The number of carbonyl (C=O) groups excluding carboxylic acids is 1. The molecule has 4 rings (SSSR count). The molecule has 2 aromatic carbocycles. The van der Waals surface area contributed by atoms with Gasteiger partial charge in [0, 0.05) is 28.7 Å². The number of benzene rings is 2. The fraction of sp³-hybridized carbons (Fsp3) is 0.143. The highest BCUT2D eigenvalue weighted by atomic mass is 35.5. The molecule has 0 saturated carbocycles. The summed E-state index contributed by atoms with van der Waals surface area (Å²) in [7, 11) is 0. The van der Waals surface area contributed by atoms with Crippen molar-refractivity contribution in [2.24, 2.45) is 5.10 Å². The molecule has 0 atom stereocenters. The van der Waals surface area contributed by atoms with Gasteiger partial charge in [-0.15, -0.1) is 6.42 Å². The molecule has 11 heteroatoms. The molecule has 2 heterocycles.